The summed E-state index contributed by atoms with van der Waals surface area (Å²) in [6.07, 6.45) is 0. The van der Waals surface area contributed by atoms with Crippen molar-refractivity contribution in [2.45, 2.75) is 26.2 Å². The first-order chi connectivity index (χ1) is 6.91. The van der Waals surface area contributed by atoms with Crippen LogP contribution in [0.15, 0.2) is 22.8 Å². The Kier molecular flexibility index (Phi) is 2.26. The molecule has 0 bridgehead atoms. The first kappa shape index (κ1) is 10.5. The molecule has 1 N–H and O–H groups in total. The molecule has 0 fully saturated rings. The van der Waals surface area contributed by atoms with Crippen LogP contribution in [0.3, 0.4) is 0 Å². The summed E-state index contributed by atoms with van der Waals surface area (Å²) >= 11 is 3.40. The molecule has 4 heteroatoms. The maximum Gasteiger partial charge on any atom is 0.197 e. The SMILES string of the molecule is CC(C)(C)c1nc(Br)c2cccc(O)n12. The minimum absolute atomic E-state index is 0.103. The summed E-state index contributed by atoms with van der Waals surface area (Å²) < 4.78 is 2.53. The molecule has 0 amide bonds. The van der Waals surface area contributed by atoms with E-state index >= 15 is 0 Å². The monoisotopic (exact) mass is 268 g/mol. The van der Waals surface area contributed by atoms with E-state index in [2.05, 4.69) is 41.7 Å². The molecule has 3 nitrogen and oxygen atoms in total. The molecule has 0 unspecified atom stereocenters. The third-order valence-corrected chi connectivity index (χ3v) is 2.85. The molecular weight excluding hydrogens is 256 g/mol. The number of fused-ring (bicyclic) bond motifs is 1. The van der Waals surface area contributed by atoms with Gasteiger partial charge < -0.3 is 5.11 Å². The smallest absolute Gasteiger partial charge is 0.197 e. The lowest BCUT2D eigenvalue weighted by molar-refractivity contribution is 0.431. The topological polar surface area (TPSA) is 37.5 Å². The van der Waals surface area contributed by atoms with E-state index in [1.165, 1.54) is 0 Å². The molecule has 15 heavy (non-hydrogen) atoms. The number of rotatable bonds is 0. The van der Waals surface area contributed by atoms with Crippen molar-refractivity contribution in [3.63, 3.8) is 0 Å². The lowest BCUT2D eigenvalue weighted by Crippen LogP contribution is -2.15. The summed E-state index contributed by atoms with van der Waals surface area (Å²) in [7, 11) is 0. The van der Waals surface area contributed by atoms with Crippen molar-refractivity contribution in [1.82, 2.24) is 9.38 Å². The fourth-order valence-corrected chi connectivity index (χ4v) is 2.06. The standard InChI is InChI=1S/C11H13BrN2O/c1-11(2,3)10-13-9(12)7-5-4-6-8(15)14(7)10/h4-6,15H,1-3H3. The molecule has 0 atom stereocenters. The molecule has 0 radical (unpaired) electrons. The first-order valence-electron chi connectivity index (χ1n) is 4.77. The highest BCUT2D eigenvalue weighted by Crippen LogP contribution is 2.30. The fraction of sp³-hybridized carbons (Fsp3) is 0.364. The van der Waals surface area contributed by atoms with Gasteiger partial charge in [0, 0.05) is 5.41 Å². The third kappa shape index (κ3) is 1.63. The Bertz CT molecular complexity index is 511. The minimum atomic E-state index is -0.103. The number of pyridine rings is 1. The zero-order valence-electron chi connectivity index (χ0n) is 8.95. The van der Waals surface area contributed by atoms with Crippen LogP contribution in [-0.4, -0.2) is 14.5 Å². The van der Waals surface area contributed by atoms with E-state index in [-0.39, 0.29) is 11.3 Å². The molecule has 2 aromatic heterocycles. The number of aromatic hydroxyl groups is 1. The Hall–Kier alpha value is -1.03. The van der Waals surface area contributed by atoms with Gasteiger partial charge in [-0.15, -0.1) is 0 Å². The van der Waals surface area contributed by atoms with Crippen LogP contribution >= 0.6 is 15.9 Å². The molecule has 0 aliphatic heterocycles. The van der Waals surface area contributed by atoms with E-state index in [0.717, 1.165) is 15.9 Å². The van der Waals surface area contributed by atoms with Crippen LogP contribution in [0.5, 0.6) is 5.88 Å². The normalized spacial score (nSPS) is 12.3. The number of hydrogen-bond acceptors (Lipinski definition) is 2. The first-order valence-corrected chi connectivity index (χ1v) is 5.57. The molecular formula is C11H13BrN2O. The van der Waals surface area contributed by atoms with E-state index in [1.807, 2.05) is 12.1 Å². The summed E-state index contributed by atoms with van der Waals surface area (Å²) in [6, 6.07) is 5.39. The Morgan fingerprint density at radius 2 is 2.00 bits per heavy atom. The Morgan fingerprint density at radius 3 is 2.60 bits per heavy atom. The maximum atomic E-state index is 9.83. The molecule has 0 aliphatic carbocycles. The van der Waals surface area contributed by atoms with Gasteiger partial charge in [-0.1, -0.05) is 26.8 Å². The predicted octanol–water partition coefficient (Wildman–Crippen LogP) is 3.10. The quantitative estimate of drug-likeness (QED) is 0.798. The molecule has 0 saturated heterocycles. The van der Waals surface area contributed by atoms with Crippen molar-refractivity contribution in [3.8, 4) is 5.88 Å². The predicted molar refractivity (Wildman–Crippen MR) is 63.3 cm³/mol. The van der Waals surface area contributed by atoms with Gasteiger partial charge in [0.25, 0.3) is 0 Å². The highest BCUT2D eigenvalue weighted by atomic mass is 79.9. The Labute approximate surface area is 96.9 Å². The van der Waals surface area contributed by atoms with Crippen molar-refractivity contribution in [1.29, 1.82) is 0 Å². The van der Waals surface area contributed by atoms with E-state index in [9.17, 15) is 5.11 Å². The van der Waals surface area contributed by atoms with Crippen LogP contribution < -0.4 is 0 Å². The highest BCUT2D eigenvalue weighted by molar-refractivity contribution is 9.10. The molecule has 0 saturated carbocycles. The van der Waals surface area contributed by atoms with Gasteiger partial charge in [0.15, 0.2) is 5.88 Å². The van der Waals surface area contributed by atoms with Gasteiger partial charge in [-0.25, -0.2) is 4.98 Å². The van der Waals surface area contributed by atoms with E-state index in [1.54, 1.807) is 10.5 Å². The van der Waals surface area contributed by atoms with Crippen molar-refractivity contribution < 1.29 is 5.11 Å². The van der Waals surface area contributed by atoms with Crippen molar-refractivity contribution in [2.75, 3.05) is 0 Å². The summed E-state index contributed by atoms with van der Waals surface area (Å²) in [4.78, 5) is 4.44. The van der Waals surface area contributed by atoms with E-state index in [4.69, 9.17) is 0 Å². The Balaban J connectivity index is 2.88. The number of aromatic nitrogens is 2. The zero-order chi connectivity index (χ0) is 11.2. The second kappa shape index (κ2) is 3.23. The van der Waals surface area contributed by atoms with Crippen molar-refractivity contribution in [2.24, 2.45) is 0 Å². The number of nitrogens with zero attached hydrogens (tertiary/aromatic N) is 2. The zero-order valence-corrected chi connectivity index (χ0v) is 10.5. The molecule has 2 aromatic rings. The molecule has 2 heterocycles. The lowest BCUT2D eigenvalue weighted by Gasteiger charge is -2.17. The largest absolute Gasteiger partial charge is 0.494 e. The lowest BCUT2D eigenvalue weighted by atomic mass is 9.96. The second-order valence-corrected chi connectivity index (χ2v) is 5.33. The molecule has 2 rings (SSSR count). The van der Waals surface area contributed by atoms with Gasteiger partial charge in [0.2, 0.25) is 0 Å². The average molecular weight is 269 g/mol. The number of hydrogen-bond donors (Lipinski definition) is 1. The molecule has 0 aromatic carbocycles. The van der Waals surface area contributed by atoms with Gasteiger partial charge in [-0.3, -0.25) is 4.40 Å². The van der Waals surface area contributed by atoms with Crippen molar-refractivity contribution in [3.05, 3.63) is 28.6 Å². The summed E-state index contributed by atoms with van der Waals surface area (Å²) in [5.74, 6) is 1.07. The van der Waals surface area contributed by atoms with E-state index in [0.29, 0.717) is 0 Å². The molecule has 0 aliphatic rings. The van der Waals surface area contributed by atoms with E-state index < -0.39 is 0 Å². The minimum Gasteiger partial charge on any atom is -0.494 e. The van der Waals surface area contributed by atoms with Gasteiger partial charge in [-0.2, -0.15) is 0 Å². The highest BCUT2D eigenvalue weighted by Gasteiger charge is 2.23. The van der Waals surface area contributed by atoms with Gasteiger partial charge in [-0.05, 0) is 28.1 Å². The van der Waals surface area contributed by atoms with Gasteiger partial charge in [0.05, 0.1) is 5.52 Å². The number of halogens is 1. The van der Waals surface area contributed by atoms with Crippen LogP contribution in [0.4, 0.5) is 0 Å². The number of imidazole rings is 1. The summed E-state index contributed by atoms with van der Waals surface area (Å²) in [6.45, 7) is 6.21. The van der Waals surface area contributed by atoms with Crippen LogP contribution in [0.1, 0.15) is 26.6 Å². The third-order valence-electron chi connectivity index (χ3n) is 2.27. The van der Waals surface area contributed by atoms with Crippen LogP contribution in [0.2, 0.25) is 0 Å². The van der Waals surface area contributed by atoms with Crippen LogP contribution in [-0.2, 0) is 5.41 Å². The summed E-state index contributed by atoms with van der Waals surface area (Å²) in [5, 5.41) is 9.83. The molecule has 80 valence electrons. The fourth-order valence-electron chi connectivity index (χ4n) is 1.58. The average Bonchev–Trinajstić information content (AvgIpc) is 2.45. The summed E-state index contributed by atoms with van der Waals surface area (Å²) in [5.41, 5.74) is 0.785. The van der Waals surface area contributed by atoms with Gasteiger partial charge in [0.1, 0.15) is 10.4 Å². The van der Waals surface area contributed by atoms with Crippen molar-refractivity contribution >= 4 is 21.4 Å². The second-order valence-electron chi connectivity index (χ2n) is 4.58. The van der Waals surface area contributed by atoms with Crippen LogP contribution in [0, 0.1) is 0 Å². The molecule has 0 spiro atoms. The maximum absolute atomic E-state index is 9.83. The van der Waals surface area contributed by atoms with Crippen LogP contribution in [0.25, 0.3) is 5.52 Å². The van der Waals surface area contributed by atoms with Gasteiger partial charge >= 0.3 is 0 Å². The Morgan fingerprint density at radius 1 is 1.33 bits per heavy atom.